The predicted molar refractivity (Wildman–Crippen MR) is 69.6 cm³/mol. The van der Waals surface area contributed by atoms with E-state index in [1.54, 1.807) is 0 Å². The van der Waals surface area contributed by atoms with Gasteiger partial charge in [0.1, 0.15) is 0 Å². The van der Waals surface area contributed by atoms with Gasteiger partial charge in [0.2, 0.25) is 0 Å². The van der Waals surface area contributed by atoms with Crippen molar-refractivity contribution in [2.75, 3.05) is 0 Å². The van der Waals surface area contributed by atoms with Crippen LogP contribution in [-0.4, -0.2) is 21.4 Å². The molecule has 17 heavy (non-hydrogen) atoms. The summed E-state index contributed by atoms with van der Waals surface area (Å²) in [7, 11) is 0. The summed E-state index contributed by atoms with van der Waals surface area (Å²) < 4.78 is 0. The molecule has 2 nitrogen and oxygen atoms in total. The Labute approximate surface area is 105 Å². The molecule has 98 valence electrons. The summed E-state index contributed by atoms with van der Waals surface area (Å²) in [5, 5.41) is 20.6. The van der Waals surface area contributed by atoms with Crippen molar-refractivity contribution in [1.82, 2.24) is 0 Å². The Hall–Kier alpha value is -0.340. The van der Waals surface area contributed by atoms with Crippen LogP contribution in [-0.2, 0) is 0 Å². The van der Waals surface area contributed by atoms with Crippen LogP contribution < -0.4 is 0 Å². The first-order chi connectivity index (χ1) is 7.71. The van der Waals surface area contributed by atoms with Gasteiger partial charge in [0.15, 0.2) is 0 Å². The second-order valence-electron chi connectivity index (χ2n) is 6.97. The van der Waals surface area contributed by atoms with Crippen molar-refractivity contribution in [3.05, 3.63) is 12.2 Å². The normalized spacial score (nSPS) is 43.4. The minimum absolute atomic E-state index is 0.296. The molecule has 0 aromatic heterocycles. The summed E-state index contributed by atoms with van der Waals surface area (Å²) in [4.78, 5) is 0. The minimum atomic E-state index is -0.642. The molecular weight excluding hydrogens is 212 g/mol. The molecule has 0 heterocycles. The molecule has 2 N–H and O–H groups in total. The van der Waals surface area contributed by atoms with Crippen molar-refractivity contribution in [3.8, 4) is 0 Å². The van der Waals surface area contributed by atoms with E-state index in [-0.39, 0.29) is 0 Å². The van der Waals surface area contributed by atoms with E-state index in [1.165, 1.54) is 5.57 Å². The summed E-state index contributed by atoms with van der Waals surface area (Å²) in [5.41, 5.74) is 0.144. The third-order valence-corrected chi connectivity index (χ3v) is 4.91. The fourth-order valence-electron chi connectivity index (χ4n) is 3.98. The van der Waals surface area contributed by atoms with Crippen molar-refractivity contribution in [1.29, 1.82) is 0 Å². The molecule has 0 aromatic carbocycles. The van der Waals surface area contributed by atoms with Gasteiger partial charge in [-0.2, -0.15) is 0 Å². The molecule has 0 radical (unpaired) electrons. The van der Waals surface area contributed by atoms with Crippen LogP contribution in [0.1, 0.15) is 52.9 Å². The van der Waals surface area contributed by atoms with Gasteiger partial charge in [0, 0.05) is 0 Å². The number of hydrogen-bond donors (Lipinski definition) is 2. The van der Waals surface area contributed by atoms with Crippen LogP contribution >= 0.6 is 0 Å². The number of hydrogen-bond acceptors (Lipinski definition) is 2. The molecule has 0 bridgehead atoms. The molecule has 0 aliphatic heterocycles. The topological polar surface area (TPSA) is 40.5 Å². The lowest BCUT2D eigenvalue weighted by Gasteiger charge is -2.50. The molecule has 0 amide bonds. The molecular formula is C15H26O2. The van der Waals surface area contributed by atoms with E-state index in [4.69, 9.17) is 0 Å². The summed E-state index contributed by atoms with van der Waals surface area (Å²) in [5.74, 6) is 1.21. The molecule has 2 saturated carbocycles. The molecule has 2 heteroatoms. The first kappa shape index (κ1) is 13.1. The Kier molecular flexibility index (Phi) is 3.16. The van der Waals surface area contributed by atoms with Crippen molar-refractivity contribution < 1.29 is 10.2 Å². The van der Waals surface area contributed by atoms with Gasteiger partial charge in [-0.25, -0.2) is 0 Å². The standard InChI is InChI=1S/C15H26O2/c1-10-5-6-13(14(2,3)16)12-9-15(4,17)8-7-11(10)12/h11-13,16-17H,1,5-9H2,2-4H3/t11-,12+,13?,15+/m0/s1. The molecule has 2 fully saturated rings. The fourth-order valence-corrected chi connectivity index (χ4v) is 3.98. The second kappa shape index (κ2) is 4.10. The van der Waals surface area contributed by atoms with E-state index < -0.39 is 11.2 Å². The maximum Gasteiger partial charge on any atom is 0.0623 e. The number of allylic oxidation sites excluding steroid dienone is 1. The lowest BCUT2D eigenvalue weighted by Crippen LogP contribution is -2.48. The molecule has 2 aliphatic carbocycles. The van der Waals surface area contributed by atoms with Crippen molar-refractivity contribution in [3.63, 3.8) is 0 Å². The SMILES string of the molecule is C=C1CCC(C(C)(C)O)[C@@H]2C[C@](C)(O)CC[C@@H]12. The molecule has 4 atom stereocenters. The number of aliphatic hydroxyl groups is 2. The van der Waals surface area contributed by atoms with Crippen LogP contribution in [0, 0.1) is 17.8 Å². The maximum atomic E-state index is 10.3. The van der Waals surface area contributed by atoms with E-state index in [2.05, 4.69) is 6.58 Å². The van der Waals surface area contributed by atoms with Gasteiger partial charge >= 0.3 is 0 Å². The molecule has 2 aliphatic rings. The molecule has 2 rings (SSSR count). The summed E-state index contributed by atoms with van der Waals surface area (Å²) >= 11 is 0. The largest absolute Gasteiger partial charge is 0.390 e. The highest BCUT2D eigenvalue weighted by Gasteiger charge is 2.47. The van der Waals surface area contributed by atoms with E-state index in [9.17, 15) is 10.2 Å². The first-order valence-corrected chi connectivity index (χ1v) is 6.83. The third kappa shape index (κ3) is 2.58. The van der Waals surface area contributed by atoms with E-state index >= 15 is 0 Å². The summed E-state index contributed by atoms with van der Waals surface area (Å²) in [6.45, 7) is 9.95. The summed E-state index contributed by atoms with van der Waals surface area (Å²) in [6, 6.07) is 0. The Balaban J connectivity index is 2.24. The highest BCUT2D eigenvalue weighted by molar-refractivity contribution is 5.13. The average Bonchev–Trinajstić information content (AvgIpc) is 2.14. The Morgan fingerprint density at radius 1 is 1.35 bits per heavy atom. The quantitative estimate of drug-likeness (QED) is 0.690. The van der Waals surface area contributed by atoms with Crippen LogP contribution in [0.3, 0.4) is 0 Å². The van der Waals surface area contributed by atoms with Gasteiger partial charge in [0.25, 0.3) is 0 Å². The van der Waals surface area contributed by atoms with E-state index in [0.717, 1.165) is 32.1 Å². The lowest BCUT2D eigenvalue weighted by atomic mass is 9.57. The highest BCUT2D eigenvalue weighted by Crippen LogP contribution is 2.51. The van der Waals surface area contributed by atoms with E-state index in [0.29, 0.717) is 17.8 Å². The van der Waals surface area contributed by atoms with E-state index in [1.807, 2.05) is 20.8 Å². The molecule has 1 unspecified atom stereocenters. The van der Waals surface area contributed by atoms with Crippen LogP contribution in [0.4, 0.5) is 0 Å². The lowest BCUT2D eigenvalue weighted by molar-refractivity contribution is -0.0875. The third-order valence-electron chi connectivity index (χ3n) is 4.91. The highest BCUT2D eigenvalue weighted by atomic mass is 16.3. The first-order valence-electron chi connectivity index (χ1n) is 6.83. The Morgan fingerprint density at radius 2 is 2.00 bits per heavy atom. The smallest absolute Gasteiger partial charge is 0.0623 e. The van der Waals surface area contributed by atoms with Gasteiger partial charge in [-0.15, -0.1) is 0 Å². The molecule has 0 aromatic rings. The zero-order valence-corrected chi connectivity index (χ0v) is 11.4. The van der Waals surface area contributed by atoms with Crippen LogP contribution in [0.15, 0.2) is 12.2 Å². The van der Waals surface area contributed by atoms with Crippen LogP contribution in [0.2, 0.25) is 0 Å². The summed E-state index contributed by atoms with van der Waals surface area (Å²) in [6.07, 6.45) is 4.76. The van der Waals surface area contributed by atoms with Gasteiger partial charge < -0.3 is 10.2 Å². The Bertz CT molecular complexity index is 311. The van der Waals surface area contributed by atoms with Gasteiger partial charge in [-0.05, 0) is 70.6 Å². The zero-order valence-electron chi connectivity index (χ0n) is 11.4. The van der Waals surface area contributed by atoms with Gasteiger partial charge in [-0.1, -0.05) is 12.2 Å². The second-order valence-corrected chi connectivity index (χ2v) is 6.97. The zero-order chi connectivity index (χ0) is 12.8. The maximum absolute atomic E-state index is 10.3. The van der Waals surface area contributed by atoms with Crippen molar-refractivity contribution in [2.45, 2.75) is 64.1 Å². The van der Waals surface area contributed by atoms with Crippen molar-refractivity contribution in [2.24, 2.45) is 17.8 Å². The minimum Gasteiger partial charge on any atom is -0.390 e. The van der Waals surface area contributed by atoms with Crippen LogP contribution in [0.25, 0.3) is 0 Å². The fraction of sp³-hybridized carbons (Fsp3) is 0.867. The monoisotopic (exact) mass is 238 g/mol. The molecule has 0 saturated heterocycles. The molecule has 0 spiro atoms. The number of rotatable bonds is 1. The average molecular weight is 238 g/mol. The number of fused-ring (bicyclic) bond motifs is 1. The Morgan fingerprint density at radius 3 is 2.59 bits per heavy atom. The van der Waals surface area contributed by atoms with Gasteiger partial charge in [0.05, 0.1) is 11.2 Å². The van der Waals surface area contributed by atoms with Crippen molar-refractivity contribution >= 4 is 0 Å². The predicted octanol–water partition coefficient (Wildman–Crippen LogP) is 2.89. The van der Waals surface area contributed by atoms with Gasteiger partial charge in [-0.3, -0.25) is 0 Å². The van der Waals surface area contributed by atoms with Crippen LogP contribution in [0.5, 0.6) is 0 Å².